The van der Waals surface area contributed by atoms with Gasteiger partial charge in [0, 0.05) is 58.3 Å². The Bertz CT molecular complexity index is 910. The van der Waals surface area contributed by atoms with Gasteiger partial charge in [-0.3, -0.25) is 14.9 Å². The van der Waals surface area contributed by atoms with E-state index in [9.17, 15) is 0 Å². The molecule has 2 saturated heterocycles. The van der Waals surface area contributed by atoms with Gasteiger partial charge in [0.05, 0.1) is 30.2 Å². The maximum atomic E-state index is 5.15. The zero-order valence-electron chi connectivity index (χ0n) is 18.5. The van der Waals surface area contributed by atoms with E-state index < -0.39 is 0 Å². The molecule has 1 aromatic rings. The number of aromatic nitrogens is 2. The lowest BCUT2D eigenvalue weighted by Gasteiger charge is -2.37. The quantitative estimate of drug-likeness (QED) is 0.746. The molecule has 0 spiro atoms. The van der Waals surface area contributed by atoms with Crippen molar-refractivity contribution >= 4 is 17.2 Å². The lowest BCUT2D eigenvalue weighted by atomic mass is 9.91. The van der Waals surface area contributed by atoms with Crippen molar-refractivity contribution < 1.29 is 0 Å². The van der Waals surface area contributed by atoms with Crippen molar-refractivity contribution in [2.75, 3.05) is 57.8 Å². The fourth-order valence-corrected chi connectivity index (χ4v) is 5.52. The van der Waals surface area contributed by atoms with E-state index in [4.69, 9.17) is 9.98 Å². The van der Waals surface area contributed by atoms with Gasteiger partial charge in [-0.25, -0.2) is 4.98 Å². The van der Waals surface area contributed by atoms with Gasteiger partial charge in [0.25, 0.3) is 0 Å². The van der Waals surface area contributed by atoms with Crippen molar-refractivity contribution in [2.24, 2.45) is 4.99 Å². The second-order valence-corrected chi connectivity index (χ2v) is 9.62. The normalized spacial score (nSPS) is 29.7. The molecule has 7 nitrogen and oxygen atoms in total. The summed E-state index contributed by atoms with van der Waals surface area (Å²) in [5.41, 5.74) is 2.12. The topological polar surface area (TPSA) is 51.1 Å². The molecular formula is C24H33N7. The number of fused-ring (bicyclic) bond motifs is 3. The average molecular weight is 420 g/mol. The number of rotatable bonds is 3. The Morgan fingerprint density at radius 2 is 1.84 bits per heavy atom. The number of hydrogen-bond donors (Lipinski definition) is 0. The van der Waals surface area contributed by atoms with Crippen LogP contribution in [0.5, 0.6) is 0 Å². The van der Waals surface area contributed by atoms with Gasteiger partial charge in [-0.05, 0) is 31.5 Å². The Balaban J connectivity index is 1.18. The van der Waals surface area contributed by atoms with Crippen LogP contribution in [0.3, 0.4) is 0 Å². The smallest absolute Gasteiger partial charge is 0.147 e. The Labute approximate surface area is 185 Å². The largest absolute Gasteiger partial charge is 0.353 e. The number of amidine groups is 1. The third kappa shape index (κ3) is 3.68. The maximum absolute atomic E-state index is 5.15. The van der Waals surface area contributed by atoms with E-state index in [1.54, 1.807) is 0 Å². The number of allylic oxidation sites excluding steroid dienone is 2. The number of hydrogen-bond acceptors (Lipinski definition) is 7. The number of piperazine rings is 1. The average Bonchev–Trinajstić information content (AvgIpc) is 2.99. The second-order valence-electron chi connectivity index (χ2n) is 9.62. The van der Waals surface area contributed by atoms with Crippen molar-refractivity contribution in [3.8, 4) is 0 Å². The summed E-state index contributed by atoms with van der Waals surface area (Å²) in [5.74, 6) is 2.29. The van der Waals surface area contributed by atoms with Crippen molar-refractivity contribution in [3.05, 3.63) is 36.3 Å². The highest BCUT2D eigenvalue weighted by molar-refractivity contribution is 5.87. The predicted molar refractivity (Wildman–Crippen MR) is 124 cm³/mol. The SMILES string of the molecule is CN1CCN(c2cncc(C3=CC4N=C5CCN(C6CCC6)CCN5C4C=C3)n2)CC1. The Kier molecular flexibility index (Phi) is 5.03. The molecule has 2 unspecified atom stereocenters. The molecule has 164 valence electrons. The van der Waals surface area contributed by atoms with Crippen molar-refractivity contribution in [1.82, 2.24) is 24.7 Å². The number of aliphatic imine (C=N–C) groups is 1. The molecule has 7 heteroatoms. The zero-order chi connectivity index (χ0) is 20.8. The Morgan fingerprint density at radius 3 is 2.65 bits per heavy atom. The summed E-state index contributed by atoms with van der Waals surface area (Å²) in [5, 5.41) is 0. The molecule has 2 aliphatic carbocycles. The van der Waals surface area contributed by atoms with Gasteiger partial charge >= 0.3 is 0 Å². The first-order valence-corrected chi connectivity index (χ1v) is 12.0. The summed E-state index contributed by atoms with van der Waals surface area (Å²) in [6.45, 7) is 7.60. The van der Waals surface area contributed by atoms with E-state index in [2.05, 4.69) is 49.9 Å². The highest BCUT2D eigenvalue weighted by Gasteiger charge is 2.38. The van der Waals surface area contributed by atoms with Gasteiger partial charge in [-0.2, -0.15) is 0 Å². The summed E-state index contributed by atoms with van der Waals surface area (Å²) >= 11 is 0. The first-order valence-electron chi connectivity index (χ1n) is 12.0. The lowest BCUT2D eigenvalue weighted by molar-refractivity contribution is 0.129. The molecule has 31 heavy (non-hydrogen) atoms. The molecule has 0 aromatic carbocycles. The van der Waals surface area contributed by atoms with Crippen LogP contribution >= 0.6 is 0 Å². The summed E-state index contributed by atoms with van der Waals surface area (Å²) < 4.78 is 0. The Morgan fingerprint density at radius 1 is 0.968 bits per heavy atom. The molecule has 3 fully saturated rings. The van der Waals surface area contributed by atoms with Crippen LogP contribution < -0.4 is 4.90 Å². The summed E-state index contributed by atoms with van der Waals surface area (Å²) in [4.78, 5) is 24.6. The summed E-state index contributed by atoms with van der Waals surface area (Å²) in [6.07, 6.45) is 16.0. The van der Waals surface area contributed by atoms with Gasteiger partial charge in [0.15, 0.2) is 0 Å². The number of likely N-dealkylation sites (N-methyl/N-ethyl adjacent to an activating group) is 1. The molecule has 1 saturated carbocycles. The van der Waals surface area contributed by atoms with Crippen LogP contribution in [0, 0.1) is 0 Å². The monoisotopic (exact) mass is 419 g/mol. The predicted octanol–water partition coefficient (Wildman–Crippen LogP) is 1.89. The minimum absolute atomic E-state index is 0.208. The molecular weight excluding hydrogens is 386 g/mol. The van der Waals surface area contributed by atoms with Crippen LogP contribution in [0.15, 0.2) is 35.6 Å². The standard InChI is InChI=1S/C24H33N7/c1-28-9-11-30(12-10-28)24-17-25-16-21(27-24)18-5-6-22-20(15-18)26-23-7-8-29(13-14-31(22)23)19-3-2-4-19/h5-6,15-17,19-20,22H,2-4,7-14H2,1H3. The molecule has 2 atom stereocenters. The van der Waals surface area contributed by atoms with Crippen LogP contribution in [-0.4, -0.2) is 101 Å². The van der Waals surface area contributed by atoms with Gasteiger partial charge in [-0.1, -0.05) is 18.6 Å². The van der Waals surface area contributed by atoms with Crippen LogP contribution in [0.1, 0.15) is 31.4 Å². The fraction of sp³-hybridized carbons (Fsp3) is 0.625. The fourth-order valence-electron chi connectivity index (χ4n) is 5.52. The van der Waals surface area contributed by atoms with E-state index in [0.29, 0.717) is 6.04 Å². The van der Waals surface area contributed by atoms with Crippen LogP contribution in [0.4, 0.5) is 5.82 Å². The van der Waals surface area contributed by atoms with Gasteiger partial charge in [-0.15, -0.1) is 0 Å². The molecule has 6 rings (SSSR count). The molecule has 0 N–H and O–H groups in total. The van der Waals surface area contributed by atoms with Crippen molar-refractivity contribution in [3.63, 3.8) is 0 Å². The van der Waals surface area contributed by atoms with E-state index in [1.165, 1.54) is 31.6 Å². The van der Waals surface area contributed by atoms with Crippen molar-refractivity contribution in [2.45, 2.75) is 43.8 Å². The first-order chi connectivity index (χ1) is 15.2. The Hall–Kier alpha value is -2.25. The van der Waals surface area contributed by atoms with E-state index in [0.717, 1.165) is 68.8 Å². The van der Waals surface area contributed by atoms with E-state index in [1.807, 2.05) is 12.4 Å². The molecule has 4 heterocycles. The molecule has 3 aliphatic heterocycles. The van der Waals surface area contributed by atoms with E-state index in [-0.39, 0.29) is 6.04 Å². The van der Waals surface area contributed by atoms with Crippen LogP contribution in [0.25, 0.3) is 5.57 Å². The number of anilines is 1. The zero-order valence-corrected chi connectivity index (χ0v) is 18.5. The summed E-state index contributed by atoms with van der Waals surface area (Å²) in [7, 11) is 2.18. The van der Waals surface area contributed by atoms with Gasteiger partial charge in [0.1, 0.15) is 11.7 Å². The van der Waals surface area contributed by atoms with Gasteiger partial charge in [0.2, 0.25) is 0 Å². The first kappa shape index (κ1) is 19.4. The van der Waals surface area contributed by atoms with Crippen LogP contribution in [-0.2, 0) is 0 Å². The molecule has 5 aliphatic rings. The third-order valence-electron chi connectivity index (χ3n) is 7.75. The molecule has 1 aromatic heterocycles. The molecule has 0 amide bonds. The molecule has 0 radical (unpaired) electrons. The third-order valence-corrected chi connectivity index (χ3v) is 7.75. The van der Waals surface area contributed by atoms with E-state index >= 15 is 0 Å². The minimum atomic E-state index is 0.208. The highest BCUT2D eigenvalue weighted by Crippen LogP contribution is 2.32. The van der Waals surface area contributed by atoms with Crippen LogP contribution in [0.2, 0.25) is 0 Å². The molecule has 0 bridgehead atoms. The van der Waals surface area contributed by atoms with Gasteiger partial charge < -0.3 is 14.7 Å². The lowest BCUT2D eigenvalue weighted by Crippen LogP contribution is -2.45. The second kappa shape index (κ2) is 8.02. The number of nitrogens with zero attached hydrogens (tertiary/aromatic N) is 7. The summed E-state index contributed by atoms with van der Waals surface area (Å²) in [6, 6.07) is 1.41. The maximum Gasteiger partial charge on any atom is 0.147 e. The van der Waals surface area contributed by atoms with Crippen molar-refractivity contribution in [1.29, 1.82) is 0 Å². The highest BCUT2D eigenvalue weighted by atomic mass is 15.3. The minimum Gasteiger partial charge on any atom is -0.353 e.